The van der Waals surface area contributed by atoms with Gasteiger partial charge >= 0.3 is 12.0 Å². The molecular formula is C56H56Cl2N6O8S3. The molecule has 75 heavy (non-hydrogen) atoms. The molecule has 14 nitrogen and oxygen atoms in total. The van der Waals surface area contributed by atoms with E-state index in [-0.39, 0.29) is 54.2 Å². The number of ether oxygens (including phenoxy) is 3. The van der Waals surface area contributed by atoms with Crippen molar-refractivity contribution in [3.8, 4) is 32.4 Å². The number of benzene rings is 2. The summed E-state index contributed by atoms with van der Waals surface area (Å²) in [5, 5.41) is 23.0. The van der Waals surface area contributed by atoms with E-state index in [1.165, 1.54) is 12.2 Å². The van der Waals surface area contributed by atoms with E-state index in [2.05, 4.69) is 43.4 Å². The Morgan fingerprint density at radius 3 is 1.88 bits per heavy atom. The Kier molecular flexibility index (Phi) is 17.9. The van der Waals surface area contributed by atoms with Gasteiger partial charge in [0.2, 0.25) is 11.8 Å². The third-order valence-electron chi connectivity index (χ3n) is 12.9. The Morgan fingerprint density at radius 1 is 0.787 bits per heavy atom. The normalized spacial score (nSPS) is 19.9. The lowest BCUT2D eigenvalue weighted by molar-refractivity contribution is -0.148. The summed E-state index contributed by atoms with van der Waals surface area (Å²) in [5.41, 5.74) is 5.71. The molecule has 4 aliphatic rings. The Hall–Kier alpha value is -6.21. The Balaban J connectivity index is 0.000000199. The van der Waals surface area contributed by atoms with E-state index in [1.807, 2.05) is 79.3 Å². The Labute approximate surface area is 457 Å². The Morgan fingerprint density at radius 2 is 1.35 bits per heavy atom. The molecule has 0 bridgehead atoms. The molecule has 0 saturated carbocycles. The van der Waals surface area contributed by atoms with Gasteiger partial charge in [-0.25, -0.2) is 4.79 Å². The van der Waals surface area contributed by atoms with Gasteiger partial charge in [0.1, 0.15) is 29.8 Å². The third-order valence-corrected chi connectivity index (χ3v) is 17.6. The van der Waals surface area contributed by atoms with Crippen LogP contribution in [0.1, 0.15) is 83.7 Å². The number of carbonyl (C=O) groups is 4. The molecule has 10 rings (SSSR count). The monoisotopic (exact) mass is 1110 g/mol. The van der Waals surface area contributed by atoms with Crippen LogP contribution in [0, 0.1) is 0 Å². The number of hydrogen-bond acceptors (Lipinski definition) is 13. The lowest BCUT2D eigenvalue weighted by atomic mass is 10.0. The van der Waals surface area contributed by atoms with Gasteiger partial charge in [0, 0.05) is 97.8 Å². The number of urea groups is 1. The highest BCUT2D eigenvalue weighted by atomic mass is 35.5. The zero-order chi connectivity index (χ0) is 52.4. The smallest absolute Gasteiger partial charge is 0.315 e. The highest BCUT2D eigenvalue weighted by Gasteiger charge is 2.42. The maximum atomic E-state index is 12.6. The van der Waals surface area contributed by atoms with Crippen molar-refractivity contribution in [3.63, 3.8) is 0 Å². The van der Waals surface area contributed by atoms with Crippen molar-refractivity contribution < 1.29 is 38.5 Å². The maximum absolute atomic E-state index is 12.6. The summed E-state index contributed by atoms with van der Waals surface area (Å²) in [5.74, 6) is 1.68. The standard InChI is InChI=1S/C33H35ClN4O5S2.C23H21ClN2O3S/c1-19(42-30(40)7-3-2-6-28-31-25(18-44-28)37-33(41)38-31)26-9-10-27(45-26)21-13-22-14-23(43-32(22)24(34)15-21)17-36-29(39)11-8-20-5-4-12-35-16-20;1-14(27)20-5-6-21(30-20)16-9-17-10-18(29-23(17)19(24)11-16)13-26-22(28)7-4-15-3-2-8-25-12-15/h4-5,8-13,15-16,19,23,25,28,31H,2-3,6-7,14,17-18H2,1H3,(H,36,39)(H2,37,38,41);2-9,11-12,14,18,27H,10,13H2,1H3,(H,26,28)/b11-8+;7-4+/t19?,23?,25-,28-,31-;/m0./s1. The first-order chi connectivity index (χ1) is 36.3. The second-order valence-corrected chi connectivity index (χ2v) is 22.9. The first-order valence-electron chi connectivity index (χ1n) is 24.8. The van der Waals surface area contributed by atoms with Crippen molar-refractivity contribution >= 4 is 93.6 Å². The number of aromatic nitrogens is 2. The molecule has 390 valence electrons. The van der Waals surface area contributed by atoms with Gasteiger partial charge in [0.05, 0.1) is 41.3 Å². The van der Waals surface area contributed by atoms with E-state index < -0.39 is 6.10 Å². The number of thioether (sulfide) groups is 1. The van der Waals surface area contributed by atoms with Crippen molar-refractivity contribution in [1.82, 2.24) is 31.2 Å². The number of nitrogens with one attached hydrogen (secondary N) is 4. The van der Waals surface area contributed by atoms with Crippen molar-refractivity contribution in [2.45, 2.75) is 94.1 Å². The van der Waals surface area contributed by atoms with Gasteiger partial charge < -0.3 is 40.6 Å². The predicted molar refractivity (Wildman–Crippen MR) is 297 cm³/mol. The van der Waals surface area contributed by atoms with Crippen LogP contribution >= 0.6 is 57.6 Å². The van der Waals surface area contributed by atoms with Crippen molar-refractivity contribution in [2.24, 2.45) is 0 Å². The summed E-state index contributed by atoms with van der Waals surface area (Å²) in [6.45, 7) is 4.40. The first kappa shape index (κ1) is 53.6. The number of unbranched alkanes of at least 4 members (excludes halogenated alkanes) is 1. The molecule has 2 aromatic carbocycles. The van der Waals surface area contributed by atoms with Crippen LogP contribution in [0.2, 0.25) is 10.0 Å². The minimum Gasteiger partial charge on any atom is -0.486 e. The Bertz CT molecular complexity index is 3060. The van der Waals surface area contributed by atoms with Crippen LogP contribution in [-0.4, -0.2) is 87.3 Å². The van der Waals surface area contributed by atoms with Gasteiger partial charge in [-0.15, -0.1) is 22.7 Å². The molecule has 4 aromatic heterocycles. The number of pyridine rings is 2. The van der Waals surface area contributed by atoms with E-state index in [1.54, 1.807) is 66.5 Å². The fourth-order valence-corrected chi connectivity index (χ4v) is 13.2. The lowest BCUT2D eigenvalue weighted by Gasteiger charge is -2.16. The predicted octanol–water partition coefficient (Wildman–Crippen LogP) is 10.6. The largest absolute Gasteiger partial charge is 0.486 e. The number of esters is 1. The minimum absolute atomic E-state index is 0.0735. The number of rotatable bonds is 18. The van der Waals surface area contributed by atoms with Crippen LogP contribution in [-0.2, 0) is 32.0 Å². The number of carbonyl (C=O) groups excluding carboxylic acids is 4. The molecule has 4 aliphatic heterocycles. The van der Waals surface area contributed by atoms with Crippen LogP contribution in [0.5, 0.6) is 11.5 Å². The molecule has 0 spiro atoms. The van der Waals surface area contributed by atoms with Crippen LogP contribution in [0.4, 0.5) is 4.79 Å². The summed E-state index contributed by atoms with van der Waals surface area (Å²) in [6.07, 6.45) is 16.3. The number of nitrogens with zero attached hydrogens (tertiary/aromatic N) is 2. The summed E-state index contributed by atoms with van der Waals surface area (Å²) in [6, 6.07) is 23.6. The van der Waals surface area contributed by atoms with Gasteiger partial charge in [-0.2, -0.15) is 11.8 Å². The summed E-state index contributed by atoms with van der Waals surface area (Å²) in [7, 11) is 0. The molecule has 7 atom stereocenters. The van der Waals surface area contributed by atoms with Crippen LogP contribution in [0.15, 0.2) is 110 Å². The minimum atomic E-state index is -0.489. The van der Waals surface area contributed by atoms with Gasteiger partial charge in [0.25, 0.3) is 0 Å². The van der Waals surface area contributed by atoms with E-state index in [0.29, 0.717) is 59.1 Å². The number of amides is 4. The number of thiophene rings is 2. The fraction of sp³-hybridized carbons (Fsp3) is 0.321. The number of fused-ring (bicyclic) bond motifs is 3. The van der Waals surface area contributed by atoms with Gasteiger partial charge in [0.15, 0.2) is 0 Å². The fourth-order valence-electron chi connectivity index (χ4n) is 9.16. The average Bonchev–Trinajstić information content (AvgIpc) is 4.28. The lowest BCUT2D eigenvalue weighted by Crippen LogP contribution is -2.36. The zero-order valence-electron chi connectivity index (χ0n) is 41.1. The molecule has 6 aromatic rings. The van der Waals surface area contributed by atoms with E-state index >= 15 is 0 Å². The van der Waals surface area contributed by atoms with E-state index in [4.69, 9.17) is 37.4 Å². The van der Waals surface area contributed by atoms with Crippen molar-refractivity contribution in [1.29, 1.82) is 0 Å². The highest BCUT2D eigenvalue weighted by Crippen LogP contribution is 2.43. The molecule has 0 aliphatic carbocycles. The van der Waals surface area contributed by atoms with Gasteiger partial charge in [-0.05, 0) is 122 Å². The zero-order valence-corrected chi connectivity index (χ0v) is 45.1. The molecule has 19 heteroatoms. The second kappa shape index (κ2) is 25.1. The molecule has 4 amide bonds. The van der Waals surface area contributed by atoms with Gasteiger partial charge in [-0.3, -0.25) is 24.4 Å². The summed E-state index contributed by atoms with van der Waals surface area (Å²) < 4.78 is 17.8. The second-order valence-electron chi connectivity index (χ2n) is 18.6. The third kappa shape index (κ3) is 14.2. The van der Waals surface area contributed by atoms with Crippen LogP contribution in [0.25, 0.3) is 33.0 Å². The number of aliphatic hydroxyl groups is 1. The summed E-state index contributed by atoms with van der Waals surface area (Å²) in [4.78, 5) is 60.5. The topological polar surface area (TPSA) is 190 Å². The van der Waals surface area contributed by atoms with Crippen molar-refractivity contribution in [2.75, 3.05) is 18.8 Å². The first-order valence-corrected chi connectivity index (χ1v) is 28.2. The molecular weight excluding hydrogens is 1050 g/mol. The van der Waals surface area contributed by atoms with Crippen LogP contribution in [0.3, 0.4) is 0 Å². The average molecular weight is 1110 g/mol. The quantitative estimate of drug-likeness (QED) is 0.0238. The summed E-state index contributed by atoms with van der Waals surface area (Å²) >= 11 is 18.1. The molecule has 2 saturated heterocycles. The number of aliphatic hydroxyl groups excluding tert-OH is 1. The molecule has 8 heterocycles. The van der Waals surface area contributed by atoms with Crippen molar-refractivity contribution in [3.05, 3.63) is 152 Å². The highest BCUT2D eigenvalue weighted by molar-refractivity contribution is 8.00. The maximum Gasteiger partial charge on any atom is 0.315 e. The SMILES string of the molecule is CC(O)c1ccc(-c2cc(Cl)c3c(c2)CC(CNC(=O)/C=C/c2cccnc2)O3)s1.CC(OC(=O)CCCC[C@@H]1SC[C@@H]2NC(=O)N[C@@H]21)c1ccc(-c2cc(Cl)c3c(c2)CC(CNC(=O)/C=C/c2cccnc2)O3)s1. The molecule has 2 fully saturated rings. The van der Waals surface area contributed by atoms with E-state index in [0.717, 1.165) is 77.9 Å². The molecule has 5 N–H and O–H groups in total. The number of hydrogen-bond donors (Lipinski definition) is 5. The molecule has 4 unspecified atom stereocenters. The van der Waals surface area contributed by atoms with Crippen LogP contribution < -0.4 is 30.7 Å². The molecule has 0 radical (unpaired) electrons. The number of halogens is 2. The van der Waals surface area contributed by atoms with Gasteiger partial charge in [-0.1, -0.05) is 41.8 Å². The van der Waals surface area contributed by atoms with E-state index in [9.17, 15) is 24.3 Å².